The molecule has 0 saturated heterocycles. The molecule has 0 amide bonds. The number of benzene rings is 8. The lowest BCUT2D eigenvalue weighted by Crippen LogP contribution is -2.62. The topological polar surface area (TPSA) is 9.72 Å². The molecule has 8 aromatic carbocycles. The van der Waals surface area contributed by atoms with Crippen LogP contribution in [0.1, 0.15) is 179 Å². The molecule has 0 N–H and O–H groups in total. The third kappa shape index (κ3) is 9.41. The van der Waals surface area contributed by atoms with Crippen LogP contribution in [0, 0.1) is 27.7 Å². The highest BCUT2D eigenvalue weighted by molar-refractivity contribution is 7.00. The van der Waals surface area contributed by atoms with Crippen LogP contribution >= 0.6 is 0 Å². The zero-order valence-corrected chi connectivity index (χ0v) is 52.2. The summed E-state index contributed by atoms with van der Waals surface area (Å²) in [7, 11) is 0. The molecule has 410 valence electrons. The monoisotopic (exact) mass is 1050 g/mol. The molecule has 11 rings (SSSR count). The van der Waals surface area contributed by atoms with E-state index < -0.39 is 0 Å². The Morgan fingerprint density at radius 1 is 0.375 bits per heavy atom. The molecule has 0 saturated carbocycles. The van der Waals surface area contributed by atoms with Gasteiger partial charge in [0.15, 0.2) is 0 Å². The summed E-state index contributed by atoms with van der Waals surface area (Å²) in [5, 5.41) is 0. The Balaban J connectivity index is 1.28. The maximum Gasteiger partial charge on any atom is 0.252 e. The smallest absolute Gasteiger partial charge is 0.252 e. The van der Waals surface area contributed by atoms with Crippen molar-refractivity contribution in [2.24, 2.45) is 0 Å². The van der Waals surface area contributed by atoms with Crippen LogP contribution in [0.5, 0.6) is 0 Å². The number of fused-ring (bicyclic) bond motifs is 5. The van der Waals surface area contributed by atoms with E-state index in [-0.39, 0.29) is 39.2 Å². The highest BCUT2D eigenvalue weighted by Gasteiger charge is 2.48. The summed E-state index contributed by atoms with van der Waals surface area (Å²) in [5.41, 5.74) is 30.9. The molecule has 0 unspecified atom stereocenters. The minimum absolute atomic E-state index is 0.0103. The summed E-state index contributed by atoms with van der Waals surface area (Å²) in [4.78, 5) is 7.94. The minimum atomic E-state index is -0.164. The van der Waals surface area contributed by atoms with E-state index >= 15 is 0 Å². The Morgan fingerprint density at radius 2 is 0.800 bits per heavy atom. The zero-order valence-electron chi connectivity index (χ0n) is 52.2. The van der Waals surface area contributed by atoms with Crippen molar-refractivity contribution in [2.45, 2.75) is 184 Å². The second kappa shape index (κ2) is 18.9. The minimum Gasteiger partial charge on any atom is -0.311 e. The lowest BCUT2D eigenvalue weighted by molar-refractivity contribution is 0.332. The van der Waals surface area contributed by atoms with E-state index in [9.17, 15) is 0 Å². The summed E-state index contributed by atoms with van der Waals surface area (Å²) in [6.45, 7) is 47.5. The maximum absolute atomic E-state index is 2.73. The first-order valence-corrected chi connectivity index (χ1v) is 29.7. The Hall–Kier alpha value is -6.78. The van der Waals surface area contributed by atoms with Crippen molar-refractivity contribution in [3.8, 4) is 11.1 Å². The van der Waals surface area contributed by atoms with Crippen LogP contribution in [0.25, 0.3) is 11.1 Å². The van der Waals surface area contributed by atoms with Gasteiger partial charge in [0.1, 0.15) is 0 Å². The van der Waals surface area contributed by atoms with Gasteiger partial charge in [0.2, 0.25) is 0 Å². The molecule has 0 bridgehead atoms. The fraction of sp³-hybridized carbons (Fsp3) is 0.368. The van der Waals surface area contributed by atoms with E-state index in [1.165, 1.54) is 117 Å². The summed E-state index contributed by atoms with van der Waals surface area (Å²) >= 11 is 0. The van der Waals surface area contributed by atoms with Gasteiger partial charge in [-0.3, -0.25) is 0 Å². The van der Waals surface area contributed by atoms with Gasteiger partial charge in [-0.05, 0) is 211 Å². The number of hydrogen-bond acceptors (Lipinski definition) is 3. The van der Waals surface area contributed by atoms with Crippen molar-refractivity contribution >= 4 is 74.3 Å². The molecule has 1 aliphatic carbocycles. The van der Waals surface area contributed by atoms with Crippen LogP contribution < -0.4 is 31.1 Å². The van der Waals surface area contributed by atoms with Gasteiger partial charge < -0.3 is 14.7 Å². The van der Waals surface area contributed by atoms with Crippen LogP contribution in [-0.2, 0) is 32.5 Å². The van der Waals surface area contributed by atoms with Crippen molar-refractivity contribution in [1.82, 2.24) is 0 Å². The lowest BCUT2D eigenvalue weighted by Gasteiger charge is -2.48. The zero-order chi connectivity index (χ0) is 57.6. The Labute approximate surface area is 482 Å². The Kier molecular flexibility index (Phi) is 13.0. The second-order valence-corrected chi connectivity index (χ2v) is 29.7. The lowest BCUT2D eigenvalue weighted by atomic mass is 9.33. The molecule has 0 aromatic heterocycles. The van der Waals surface area contributed by atoms with Crippen LogP contribution in [0.4, 0.5) is 51.2 Å². The molecule has 4 heteroatoms. The first-order valence-electron chi connectivity index (χ1n) is 29.7. The third-order valence-corrected chi connectivity index (χ3v) is 18.5. The summed E-state index contributed by atoms with van der Waals surface area (Å²) in [6.07, 6.45) is 2.30. The van der Waals surface area contributed by atoms with E-state index in [1.807, 2.05) is 0 Å². The SMILES string of the molecule is Cc1cc(C(C)(C)C)cc(C)c1N1c2cc(N(c3ccc(C(C)(C)C)cc3)c3cccc(-c4ccccc4)c3)ccc2B2c3cc4c(cc3N(c3c(C)cc(C(C)(C)C)cc3C)c3cc(C(C)(C)C)cc1c32)C(C)(C)CCC4(C)C. The predicted molar refractivity (Wildman–Crippen MR) is 350 cm³/mol. The molecule has 3 aliphatic rings. The summed E-state index contributed by atoms with van der Waals surface area (Å²) in [5.74, 6) is 0. The van der Waals surface area contributed by atoms with Gasteiger partial charge in [-0.25, -0.2) is 0 Å². The second-order valence-electron chi connectivity index (χ2n) is 29.7. The number of hydrogen-bond donors (Lipinski definition) is 0. The van der Waals surface area contributed by atoms with Crippen LogP contribution in [0.2, 0.25) is 0 Å². The number of aryl methyl sites for hydroxylation is 4. The first kappa shape index (κ1) is 55.1. The molecule has 80 heavy (non-hydrogen) atoms. The average molecular weight is 1050 g/mol. The maximum atomic E-state index is 2.73. The fourth-order valence-corrected chi connectivity index (χ4v) is 13.6. The normalized spacial score (nSPS) is 15.5. The molecule has 0 radical (unpaired) electrons. The molecule has 3 nitrogen and oxygen atoms in total. The molecule has 2 heterocycles. The van der Waals surface area contributed by atoms with Crippen LogP contribution in [0.15, 0.2) is 146 Å². The summed E-state index contributed by atoms with van der Waals surface area (Å²) in [6, 6.07) is 57.2. The average Bonchev–Trinajstić information content (AvgIpc) is 2.65. The van der Waals surface area contributed by atoms with E-state index in [2.05, 4.69) is 299 Å². The van der Waals surface area contributed by atoms with Gasteiger partial charge in [-0.15, -0.1) is 0 Å². The fourth-order valence-electron chi connectivity index (χ4n) is 13.6. The van der Waals surface area contributed by atoms with Gasteiger partial charge >= 0.3 is 0 Å². The largest absolute Gasteiger partial charge is 0.311 e. The van der Waals surface area contributed by atoms with Crippen LogP contribution in [-0.4, -0.2) is 6.71 Å². The Bertz CT molecular complexity index is 3700. The number of anilines is 9. The van der Waals surface area contributed by atoms with E-state index in [0.29, 0.717) is 0 Å². The third-order valence-electron chi connectivity index (χ3n) is 18.5. The molecule has 0 spiro atoms. The molecular formula is C76H88BN3. The first-order chi connectivity index (χ1) is 37.3. The van der Waals surface area contributed by atoms with Gasteiger partial charge in [-0.1, -0.05) is 202 Å². The van der Waals surface area contributed by atoms with Crippen molar-refractivity contribution < 1.29 is 0 Å². The van der Waals surface area contributed by atoms with Crippen molar-refractivity contribution in [1.29, 1.82) is 0 Å². The van der Waals surface area contributed by atoms with Gasteiger partial charge in [-0.2, -0.15) is 0 Å². The van der Waals surface area contributed by atoms with Gasteiger partial charge in [0.25, 0.3) is 6.71 Å². The predicted octanol–water partition coefficient (Wildman–Crippen LogP) is 19.7. The van der Waals surface area contributed by atoms with Crippen molar-refractivity contribution in [3.63, 3.8) is 0 Å². The standard InChI is InChI=1S/C76H88BN3/c1-47-37-54(72(8,9)10)38-48(2)69(47)79-64-44-59(78(57-31-29-53(30-32-57)71(5,6)7)58-28-24-27-52(41-58)51-25-22-21-23-26-51)33-34-62(64)77-63-45-60-61(76(19,20)36-35-75(60,17)18)46-65(63)80(67-43-56(74(14,15)16)42-66(79)68(67)77)70-49(3)39-55(40-50(70)4)73(11,12)13/h21-34,37-46H,35-36H2,1-20H3. The quantitative estimate of drug-likeness (QED) is 0.154. The van der Waals surface area contributed by atoms with Gasteiger partial charge in [0, 0.05) is 39.8 Å². The van der Waals surface area contributed by atoms with E-state index in [1.54, 1.807) is 0 Å². The van der Waals surface area contributed by atoms with E-state index in [4.69, 9.17) is 0 Å². The molecular weight excluding hydrogens is 966 g/mol. The van der Waals surface area contributed by atoms with Crippen LogP contribution in [0.3, 0.4) is 0 Å². The highest BCUT2D eigenvalue weighted by atomic mass is 15.2. The molecule has 8 aromatic rings. The van der Waals surface area contributed by atoms with Crippen molar-refractivity contribution in [3.05, 3.63) is 201 Å². The number of rotatable bonds is 6. The van der Waals surface area contributed by atoms with Crippen molar-refractivity contribution in [2.75, 3.05) is 14.7 Å². The highest BCUT2D eigenvalue weighted by Crippen LogP contribution is 2.54. The summed E-state index contributed by atoms with van der Waals surface area (Å²) < 4.78 is 0. The molecule has 0 atom stereocenters. The molecule has 2 aliphatic heterocycles. The van der Waals surface area contributed by atoms with Gasteiger partial charge in [0.05, 0.1) is 11.4 Å². The van der Waals surface area contributed by atoms with E-state index in [0.717, 1.165) is 29.9 Å². The Morgan fingerprint density at radius 3 is 1.29 bits per heavy atom. The molecule has 0 fully saturated rings. The number of nitrogens with zero attached hydrogens (tertiary/aromatic N) is 3.